The quantitative estimate of drug-likeness (QED) is 0.411. The Bertz CT molecular complexity index is 362. The summed E-state index contributed by atoms with van der Waals surface area (Å²) in [6.07, 6.45) is -4.53. The highest BCUT2D eigenvalue weighted by Crippen LogP contribution is 2.59. The van der Waals surface area contributed by atoms with E-state index >= 15 is 0 Å². The zero-order chi connectivity index (χ0) is 13.9. The van der Waals surface area contributed by atoms with Gasteiger partial charge in [0.25, 0.3) is 0 Å². The van der Waals surface area contributed by atoms with Crippen LogP contribution in [0.4, 0.5) is 39.5 Å². The molecule has 0 spiro atoms. The van der Waals surface area contributed by atoms with Crippen molar-refractivity contribution < 1.29 is 44.7 Å². The van der Waals surface area contributed by atoms with E-state index in [-0.39, 0.29) is 0 Å². The van der Waals surface area contributed by atoms with Crippen LogP contribution in [0, 0.1) is 0 Å². The van der Waals surface area contributed by atoms with Crippen LogP contribution in [0.25, 0.3) is 0 Å². The molecule has 1 atom stereocenters. The second kappa shape index (κ2) is 3.19. The SMILES string of the molecule is O/N=C1\C(F)C(F)(F)C(F)(F)C(F)(F)C1(F)F. The summed E-state index contributed by atoms with van der Waals surface area (Å²) in [6.45, 7) is 0. The normalized spacial score (nSPS) is 35.8. The summed E-state index contributed by atoms with van der Waals surface area (Å²) in [5.74, 6) is -25.4. The van der Waals surface area contributed by atoms with Crippen LogP contribution in [-0.4, -0.2) is 40.8 Å². The number of alkyl halides is 9. The topological polar surface area (TPSA) is 32.6 Å². The molecule has 0 radical (unpaired) electrons. The molecule has 0 saturated heterocycles. The summed E-state index contributed by atoms with van der Waals surface area (Å²) in [4.78, 5) is 0. The smallest absolute Gasteiger partial charge is 0.384 e. The molecule has 0 amide bonds. The third kappa shape index (κ3) is 1.27. The first-order valence-electron chi connectivity index (χ1n) is 3.73. The second-order valence-electron chi connectivity index (χ2n) is 3.19. The van der Waals surface area contributed by atoms with Gasteiger partial charge in [0, 0.05) is 0 Å². The monoisotopic (exact) mass is 275 g/mol. The average molecular weight is 275 g/mol. The summed E-state index contributed by atoms with van der Waals surface area (Å²) < 4.78 is 113. The number of oxime groups is 1. The Morgan fingerprint density at radius 3 is 1.65 bits per heavy atom. The summed E-state index contributed by atoms with van der Waals surface area (Å²) in [6, 6.07) is 0. The van der Waals surface area contributed by atoms with Crippen molar-refractivity contribution in [3.05, 3.63) is 0 Å². The molecule has 0 aromatic rings. The maximum absolute atomic E-state index is 12.6. The molecule has 1 unspecified atom stereocenters. The molecule has 0 heterocycles. The second-order valence-corrected chi connectivity index (χ2v) is 3.19. The van der Waals surface area contributed by atoms with Gasteiger partial charge in [-0.2, -0.15) is 35.1 Å². The molecule has 1 N–H and O–H groups in total. The molecule has 1 aliphatic rings. The molecule has 100 valence electrons. The highest BCUT2D eigenvalue weighted by molar-refractivity contribution is 5.97. The van der Waals surface area contributed by atoms with Crippen molar-refractivity contribution in [2.24, 2.45) is 5.16 Å². The molecule has 2 nitrogen and oxygen atoms in total. The molecular weight excluding hydrogens is 273 g/mol. The lowest BCUT2D eigenvalue weighted by Gasteiger charge is -2.43. The molecule has 0 aromatic heterocycles. The molecule has 1 aliphatic carbocycles. The lowest BCUT2D eigenvalue weighted by Crippen LogP contribution is -2.74. The Kier molecular flexibility index (Phi) is 2.61. The van der Waals surface area contributed by atoms with Crippen molar-refractivity contribution in [1.82, 2.24) is 0 Å². The Morgan fingerprint density at radius 1 is 0.882 bits per heavy atom. The lowest BCUT2D eigenvalue weighted by atomic mass is 9.83. The maximum atomic E-state index is 12.6. The van der Waals surface area contributed by atoms with Crippen molar-refractivity contribution in [3.8, 4) is 0 Å². The standard InChI is InChI=1S/C6H2F9NO/c7-1-2(16-17)4(10,11)6(14,15)5(12,13)3(1,8)9/h1,17H/b16-2+. The molecule has 1 saturated carbocycles. The van der Waals surface area contributed by atoms with E-state index in [0.717, 1.165) is 0 Å². The van der Waals surface area contributed by atoms with Gasteiger partial charge < -0.3 is 5.21 Å². The van der Waals surface area contributed by atoms with Gasteiger partial charge in [-0.15, -0.1) is 0 Å². The van der Waals surface area contributed by atoms with E-state index in [4.69, 9.17) is 5.21 Å². The molecular formula is C6H2F9NO. The minimum atomic E-state index is -6.63. The van der Waals surface area contributed by atoms with Crippen molar-refractivity contribution in [2.45, 2.75) is 29.9 Å². The van der Waals surface area contributed by atoms with E-state index in [1.54, 1.807) is 0 Å². The first kappa shape index (κ1) is 13.9. The molecule has 0 aliphatic heterocycles. The fraction of sp³-hybridized carbons (Fsp3) is 0.833. The van der Waals surface area contributed by atoms with Gasteiger partial charge in [-0.1, -0.05) is 5.16 Å². The minimum absolute atomic E-state index is 1.24. The molecule has 11 heteroatoms. The number of halogens is 9. The predicted octanol–water partition coefficient (Wildman–Crippen LogP) is 2.71. The lowest BCUT2D eigenvalue weighted by molar-refractivity contribution is -0.372. The maximum Gasteiger partial charge on any atom is 0.384 e. The first-order chi connectivity index (χ1) is 7.35. The third-order valence-corrected chi connectivity index (χ3v) is 2.20. The van der Waals surface area contributed by atoms with Crippen molar-refractivity contribution in [3.63, 3.8) is 0 Å². The Labute approximate surface area is 86.7 Å². The zero-order valence-corrected chi connectivity index (χ0v) is 7.37. The van der Waals surface area contributed by atoms with Gasteiger partial charge in [0.05, 0.1) is 0 Å². The van der Waals surface area contributed by atoms with E-state index in [1.165, 1.54) is 5.16 Å². The Morgan fingerprint density at radius 2 is 1.29 bits per heavy atom. The molecule has 17 heavy (non-hydrogen) atoms. The van der Waals surface area contributed by atoms with Crippen molar-refractivity contribution >= 4 is 5.71 Å². The van der Waals surface area contributed by atoms with Crippen LogP contribution >= 0.6 is 0 Å². The highest BCUT2D eigenvalue weighted by Gasteiger charge is 2.89. The van der Waals surface area contributed by atoms with E-state index in [0.29, 0.717) is 0 Å². The van der Waals surface area contributed by atoms with Crippen LogP contribution in [-0.2, 0) is 0 Å². The Hall–Kier alpha value is -1.16. The van der Waals surface area contributed by atoms with Crippen molar-refractivity contribution in [2.75, 3.05) is 0 Å². The summed E-state index contributed by atoms with van der Waals surface area (Å²) in [5, 5.41) is 9.02. The first-order valence-corrected chi connectivity index (χ1v) is 3.73. The van der Waals surface area contributed by atoms with E-state index in [1.807, 2.05) is 0 Å². The van der Waals surface area contributed by atoms with E-state index < -0.39 is 35.6 Å². The van der Waals surface area contributed by atoms with Crippen LogP contribution in [0.1, 0.15) is 0 Å². The summed E-state index contributed by atoms with van der Waals surface area (Å²) in [5.41, 5.74) is -3.04. The Balaban J connectivity index is 3.56. The van der Waals surface area contributed by atoms with E-state index in [2.05, 4.69) is 0 Å². The molecule has 0 aromatic carbocycles. The molecule has 1 fully saturated rings. The average Bonchev–Trinajstić information content (AvgIpc) is 2.15. The van der Waals surface area contributed by atoms with Crippen LogP contribution in [0.15, 0.2) is 5.16 Å². The van der Waals surface area contributed by atoms with Crippen LogP contribution in [0.2, 0.25) is 0 Å². The zero-order valence-electron chi connectivity index (χ0n) is 7.37. The number of hydrogen-bond acceptors (Lipinski definition) is 2. The predicted molar refractivity (Wildman–Crippen MR) is 33.9 cm³/mol. The van der Waals surface area contributed by atoms with Gasteiger partial charge in [-0.3, -0.25) is 0 Å². The summed E-state index contributed by atoms with van der Waals surface area (Å²) >= 11 is 0. The van der Waals surface area contributed by atoms with E-state index in [9.17, 15) is 39.5 Å². The highest BCUT2D eigenvalue weighted by atomic mass is 19.4. The van der Waals surface area contributed by atoms with Gasteiger partial charge in [0.2, 0.25) is 6.17 Å². The number of nitrogens with zero attached hydrogens (tertiary/aromatic N) is 1. The fourth-order valence-electron chi connectivity index (χ4n) is 1.17. The largest absolute Gasteiger partial charge is 0.411 e. The van der Waals surface area contributed by atoms with Crippen LogP contribution in [0.5, 0.6) is 0 Å². The van der Waals surface area contributed by atoms with Gasteiger partial charge in [-0.25, -0.2) is 4.39 Å². The molecule has 1 rings (SSSR count). The number of hydrogen-bond donors (Lipinski definition) is 1. The molecule has 0 bridgehead atoms. The number of rotatable bonds is 0. The van der Waals surface area contributed by atoms with Gasteiger partial charge in [0.15, 0.2) is 5.71 Å². The third-order valence-electron chi connectivity index (χ3n) is 2.20. The van der Waals surface area contributed by atoms with Gasteiger partial charge in [0.1, 0.15) is 0 Å². The van der Waals surface area contributed by atoms with Gasteiger partial charge >= 0.3 is 23.7 Å². The minimum Gasteiger partial charge on any atom is -0.411 e. The van der Waals surface area contributed by atoms with Crippen molar-refractivity contribution in [1.29, 1.82) is 0 Å². The van der Waals surface area contributed by atoms with Crippen LogP contribution in [0.3, 0.4) is 0 Å². The fourth-order valence-corrected chi connectivity index (χ4v) is 1.17. The van der Waals surface area contributed by atoms with Crippen LogP contribution < -0.4 is 0 Å². The summed E-state index contributed by atoms with van der Waals surface area (Å²) in [7, 11) is 0. The van der Waals surface area contributed by atoms with Gasteiger partial charge in [-0.05, 0) is 0 Å².